The molecule has 2 bridgehead atoms. The summed E-state index contributed by atoms with van der Waals surface area (Å²) >= 11 is 0. The molecule has 3 aliphatic carbocycles. The molecule has 1 fully saturated rings. The Morgan fingerprint density at radius 1 is 0.833 bits per heavy atom. The zero-order valence-electron chi connectivity index (χ0n) is 15.7. The van der Waals surface area contributed by atoms with Gasteiger partial charge in [0.15, 0.2) is 0 Å². The zero-order valence-corrected chi connectivity index (χ0v) is 15.7. The van der Waals surface area contributed by atoms with Gasteiger partial charge in [0.05, 0.1) is 0 Å². The van der Waals surface area contributed by atoms with E-state index in [9.17, 15) is 0 Å². The molecule has 0 unspecified atom stereocenters. The molecule has 1 aromatic rings. The minimum absolute atomic E-state index is 0.696. The fourth-order valence-electron chi connectivity index (χ4n) is 5.91. The smallest absolute Gasteiger partial charge is 0.00950 e. The van der Waals surface area contributed by atoms with E-state index < -0.39 is 0 Å². The van der Waals surface area contributed by atoms with Gasteiger partial charge in [-0.15, -0.1) is 0 Å². The maximum absolute atomic E-state index is 2.79. The summed E-state index contributed by atoms with van der Waals surface area (Å²) in [6.07, 6.45) is 7.00. The summed E-state index contributed by atoms with van der Waals surface area (Å²) < 4.78 is 0. The van der Waals surface area contributed by atoms with E-state index >= 15 is 0 Å². The Hall–Kier alpha value is -1.08. The van der Waals surface area contributed by atoms with Crippen molar-refractivity contribution in [2.45, 2.75) is 64.7 Å². The second-order valence-electron chi connectivity index (χ2n) is 8.45. The van der Waals surface area contributed by atoms with Crippen molar-refractivity contribution >= 4 is 0 Å². The van der Waals surface area contributed by atoms with Crippen LogP contribution in [0, 0.1) is 11.8 Å². The summed E-state index contributed by atoms with van der Waals surface area (Å²) in [6.45, 7) is 11.1. The molecule has 130 valence electrons. The van der Waals surface area contributed by atoms with Crippen LogP contribution in [0.2, 0.25) is 0 Å². The number of nitrogens with zero attached hydrogens (tertiary/aromatic N) is 1. The highest BCUT2D eigenvalue weighted by Gasteiger charge is 2.51. The maximum Gasteiger partial charge on any atom is 0.00950 e. The van der Waals surface area contributed by atoms with Gasteiger partial charge >= 0.3 is 0 Å². The van der Waals surface area contributed by atoms with Crippen molar-refractivity contribution in [1.29, 1.82) is 0 Å². The summed E-state index contributed by atoms with van der Waals surface area (Å²) in [5, 5.41) is 0. The number of rotatable bonds is 6. The Morgan fingerprint density at radius 3 is 1.92 bits per heavy atom. The van der Waals surface area contributed by atoms with E-state index in [2.05, 4.69) is 49.9 Å². The second kappa shape index (κ2) is 6.67. The van der Waals surface area contributed by atoms with Crippen molar-refractivity contribution in [2.75, 3.05) is 19.6 Å². The highest BCUT2D eigenvalue weighted by Crippen LogP contribution is 2.59. The molecule has 0 radical (unpaired) electrons. The first kappa shape index (κ1) is 16.4. The lowest BCUT2D eigenvalue weighted by Gasteiger charge is -2.48. The fraction of sp³-hybridized carbons (Fsp3) is 0.652. The van der Waals surface area contributed by atoms with Crippen molar-refractivity contribution in [2.24, 2.45) is 11.8 Å². The largest absolute Gasteiger partial charge is 0.303 e. The van der Waals surface area contributed by atoms with Crippen molar-refractivity contribution < 1.29 is 0 Å². The van der Waals surface area contributed by atoms with Gasteiger partial charge in [-0.3, -0.25) is 0 Å². The van der Waals surface area contributed by atoms with Crippen LogP contribution < -0.4 is 0 Å². The number of allylic oxidation sites excluding steroid dienone is 2. The lowest BCUT2D eigenvalue weighted by atomic mass is 9.56. The van der Waals surface area contributed by atoms with Crippen LogP contribution in [0.3, 0.4) is 0 Å². The van der Waals surface area contributed by atoms with E-state index in [4.69, 9.17) is 0 Å². The van der Waals surface area contributed by atoms with Gasteiger partial charge in [-0.1, -0.05) is 68.0 Å². The molecule has 0 N–H and O–H groups in total. The third-order valence-corrected chi connectivity index (χ3v) is 7.14. The van der Waals surface area contributed by atoms with Crippen molar-refractivity contribution in [3.05, 3.63) is 46.5 Å². The van der Waals surface area contributed by atoms with Crippen LogP contribution in [0.1, 0.15) is 75.8 Å². The summed E-state index contributed by atoms with van der Waals surface area (Å²) in [7, 11) is 0. The van der Waals surface area contributed by atoms with Gasteiger partial charge in [-0.2, -0.15) is 0 Å². The quantitative estimate of drug-likeness (QED) is 0.477. The normalized spacial score (nSPS) is 31.5. The summed E-state index contributed by atoms with van der Waals surface area (Å²) in [4.78, 5) is 2.79. The van der Waals surface area contributed by atoms with Gasteiger partial charge in [0.1, 0.15) is 0 Å². The minimum atomic E-state index is 0.696. The predicted molar refractivity (Wildman–Crippen MR) is 102 cm³/mol. The van der Waals surface area contributed by atoms with E-state index in [-0.39, 0.29) is 0 Å². The number of benzene rings is 1. The van der Waals surface area contributed by atoms with Gasteiger partial charge in [0.25, 0.3) is 0 Å². The molecule has 0 spiro atoms. The first-order valence-corrected chi connectivity index (χ1v) is 10.2. The molecule has 4 aliphatic rings. The second-order valence-corrected chi connectivity index (χ2v) is 8.45. The molecule has 1 saturated heterocycles. The fourth-order valence-corrected chi connectivity index (χ4v) is 5.91. The highest BCUT2D eigenvalue weighted by molar-refractivity contribution is 5.52. The third kappa shape index (κ3) is 2.56. The molecule has 5 rings (SSSR count). The van der Waals surface area contributed by atoms with E-state index in [0.717, 1.165) is 11.8 Å². The van der Waals surface area contributed by atoms with Crippen LogP contribution >= 0.6 is 0 Å². The highest BCUT2D eigenvalue weighted by atomic mass is 15.2. The Balaban J connectivity index is 1.48. The van der Waals surface area contributed by atoms with Crippen molar-refractivity contribution in [1.82, 2.24) is 4.90 Å². The lowest BCUT2D eigenvalue weighted by molar-refractivity contribution is 0.288. The molecular formula is C23H33N. The minimum Gasteiger partial charge on any atom is -0.303 e. The predicted octanol–water partition coefficient (Wildman–Crippen LogP) is 5.74. The van der Waals surface area contributed by atoms with E-state index in [1.165, 1.54) is 51.7 Å². The first-order valence-electron chi connectivity index (χ1n) is 10.2. The molecule has 0 aromatic heterocycles. The van der Waals surface area contributed by atoms with Gasteiger partial charge in [-0.05, 0) is 49.8 Å². The standard InChI is InChI=1S/C23H33N/c1-4-5-6-7-10-13-24-14-20-21(15-24)23-17(3)16(2)22(20)18-11-8-9-12-19(18)23/h8-9,11-12,20-23H,4-7,10,13-15H2,1-3H3/t20-,21+,22+,23-. The SMILES string of the molecule is CCCCCCCN1C[C@@H]2[C@H](C1)[C@@H]1C(C)=C(C)[C@H]2c2ccccc21. The molecule has 4 atom stereocenters. The van der Waals surface area contributed by atoms with E-state index in [1.54, 1.807) is 22.3 Å². The molecule has 0 amide bonds. The van der Waals surface area contributed by atoms with Crippen LogP contribution in [0.5, 0.6) is 0 Å². The van der Waals surface area contributed by atoms with Gasteiger partial charge < -0.3 is 4.90 Å². The van der Waals surface area contributed by atoms with Crippen molar-refractivity contribution in [3.8, 4) is 0 Å². The van der Waals surface area contributed by atoms with Gasteiger partial charge in [0.2, 0.25) is 0 Å². The van der Waals surface area contributed by atoms with Crippen molar-refractivity contribution in [3.63, 3.8) is 0 Å². The topological polar surface area (TPSA) is 3.24 Å². The zero-order chi connectivity index (χ0) is 16.7. The molecule has 1 aliphatic heterocycles. The molecule has 1 heterocycles. The monoisotopic (exact) mass is 323 g/mol. The third-order valence-electron chi connectivity index (χ3n) is 7.14. The average Bonchev–Trinajstić information content (AvgIpc) is 3.01. The van der Waals surface area contributed by atoms with Crippen LogP contribution in [0.4, 0.5) is 0 Å². The van der Waals surface area contributed by atoms with Gasteiger partial charge in [-0.25, -0.2) is 0 Å². The Bertz CT molecular complexity index is 582. The molecule has 1 nitrogen and oxygen atoms in total. The Labute approximate surface area is 148 Å². The molecular weight excluding hydrogens is 290 g/mol. The first-order chi connectivity index (χ1) is 11.7. The van der Waals surface area contributed by atoms with Crippen LogP contribution in [0.25, 0.3) is 0 Å². The molecule has 1 aromatic carbocycles. The summed E-state index contributed by atoms with van der Waals surface area (Å²) in [5.74, 6) is 3.12. The Morgan fingerprint density at radius 2 is 1.38 bits per heavy atom. The van der Waals surface area contributed by atoms with E-state index in [1.807, 2.05) is 0 Å². The lowest BCUT2D eigenvalue weighted by Crippen LogP contribution is -2.38. The van der Waals surface area contributed by atoms with E-state index in [0.29, 0.717) is 11.8 Å². The molecule has 24 heavy (non-hydrogen) atoms. The summed E-state index contributed by atoms with van der Waals surface area (Å²) in [5.41, 5.74) is 6.67. The summed E-state index contributed by atoms with van der Waals surface area (Å²) in [6, 6.07) is 9.31. The average molecular weight is 324 g/mol. The number of hydrogen-bond acceptors (Lipinski definition) is 1. The molecule has 0 saturated carbocycles. The number of unbranched alkanes of at least 4 members (excludes halogenated alkanes) is 4. The number of likely N-dealkylation sites (tertiary alicyclic amines) is 1. The number of hydrogen-bond donors (Lipinski definition) is 0. The van der Waals surface area contributed by atoms with Gasteiger partial charge in [0, 0.05) is 24.9 Å². The molecule has 1 heteroatoms. The Kier molecular flexibility index (Phi) is 4.56. The van der Waals surface area contributed by atoms with Crippen LogP contribution in [-0.2, 0) is 0 Å². The van der Waals surface area contributed by atoms with Crippen LogP contribution in [-0.4, -0.2) is 24.5 Å². The maximum atomic E-state index is 2.79. The van der Waals surface area contributed by atoms with Crippen LogP contribution in [0.15, 0.2) is 35.4 Å².